The number of cyclic esters (lactones) is 1. The number of amides is 4. The van der Waals surface area contributed by atoms with E-state index in [1.165, 1.54) is 16.8 Å². The average molecular weight is 575 g/mol. The van der Waals surface area contributed by atoms with E-state index in [2.05, 4.69) is 0 Å². The number of likely N-dealkylation sites (tertiary alicyclic amines) is 1. The normalized spacial score (nSPS) is 29.3. The number of hydrogen-bond donors (Lipinski definition) is 0. The smallest absolute Gasteiger partial charge is 0.393 e. The molecule has 4 amide bonds. The van der Waals surface area contributed by atoms with Crippen molar-refractivity contribution in [3.05, 3.63) is 59.0 Å². The first-order valence-corrected chi connectivity index (χ1v) is 15.1. The summed E-state index contributed by atoms with van der Waals surface area (Å²) in [6, 6.07) is 9.69. The molecule has 3 unspecified atom stereocenters. The molecule has 1 aromatic rings. The summed E-state index contributed by atoms with van der Waals surface area (Å²) >= 11 is 0. The van der Waals surface area contributed by atoms with E-state index in [9.17, 15) is 19.2 Å². The SMILES string of the molecule is CCC1=C(OC(=O)N(CC)CC)N2C(=O)OC(=NCC3CC3)[C@]2(Cc2ccccc2)C2C1=CCC1C(=O)N(C)C(=O)C12. The van der Waals surface area contributed by atoms with Gasteiger partial charge >= 0.3 is 12.2 Å². The first-order chi connectivity index (χ1) is 20.3. The molecule has 3 aliphatic heterocycles. The van der Waals surface area contributed by atoms with E-state index in [0.717, 1.165) is 24.0 Å². The van der Waals surface area contributed by atoms with Gasteiger partial charge in [0.1, 0.15) is 5.54 Å². The number of rotatable bonds is 8. The number of imide groups is 1. The highest BCUT2D eigenvalue weighted by atomic mass is 16.6. The van der Waals surface area contributed by atoms with Gasteiger partial charge in [-0.15, -0.1) is 0 Å². The number of benzene rings is 1. The second kappa shape index (κ2) is 10.7. The fourth-order valence-electron chi connectivity index (χ4n) is 7.18. The molecular formula is C32H38N4O6. The Morgan fingerprint density at radius 3 is 2.45 bits per heavy atom. The summed E-state index contributed by atoms with van der Waals surface area (Å²) < 4.78 is 12.2. The molecule has 0 bridgehead atoms. The number of ether oxygens (including phenoxy) is 2. The summed E-state index contributed by atoms with van der Waals surface area (Å²) in [5, 5.41) is 0. The van der Waals surface area contributed by atoms with Crippen LogP contribution in [0.1, 0.15) is 52.0 Å². The number of aliphatic imine (C=N–C) groups is 1. The predicted octanol–water partition coefficient (Wildman–Crippen LogP) is 4.52. The number of allylic oxidation sites excluding steroid dienone is 2. The number of carbonyl (C=O) groups excluding carboxylic acids is 4. The summed E-state index contributed by atoms with van der Waals surface area (Å²) in [6.07, 6.45) is 3.96. The van der Waals surface area contributed by atoms with Crippen molar-refractivity contribution in [1.82, 2.24) is 14.7 Å². The quantitative estimate of drug-likeness (QED) is 0.423. The van der Waals surface area contributed by atoms with Gasteiger partial charge in [-0.25, -0.2) is 14.5 Å². The molecule has 3 fully saturated rings. The van der Waals surface area contributed by atoms with Crippen LogP contribution in [-0.2, 0) is 25.5 Å². The molecule has 3 heterocycles. The van der Waals surface area contributed by atoms with Crippen molar-refractivity contribution < 1.29 is 28.7 Å². The highest BCUT2D eigenvalue weighted by Crippen LogP contribution is 2.58. The lowest BCUT2D eigenvalue weighted by atomic mass is 9.59. The Morgan fingerprint density at radius 2 is 1.81 bits per heavy atom. The highest BCUT2D eigenvalue weighted by Gasteiger charge is 2.69. The zero-order valence-electron chi connectivity index (χ0n) is 24.7. The standard InChI is InChI=1S/C32H38N4O6/c1-5-21-22-15-16-23-24(27(38)34(4)26(23)37)25(22)32(17-19-11-9-8-10-12-19)29(33-18-20-13-14-20)42-31(40)36(32)28(21)41-30(39)35(6-2)7-3/h8-12,15,20,23-25H,5-7,13-14,16-18H2,1-4H3/t23?,24?,25?,32-/m0/s1. The van der Waals surface area contributed by atoms with Crippen LogP contribution in [-0.4, -0.2) is 76.8 Å². The van der Waals surface area contributed by atoms with E-state index in [1.807, 2.05) is 57.2 Å². The first-order valence-electron chi connectivity index (χ1n) is 15.1. The van der Waals surface area contributed by atoms with Crippen LogP contribution in [0.4, 0.5) is 9.59 Å². The molecule has 0 radical (unpaired) electrons. The van der Waals surface area contributed by atoms with Crippen LogP contribution in [0, 0.1) is 23.7 Å². The lowest BCUT2D eigenvalue weighted by Crippen LogP contribution is -2.63. The Kier molecular flexibility index (Phi) is 7.19. The molecule has 4 atom stereocenters. The van der Waals surface area contributed by atoms with Crippen molar-refractivity contribution in [3.8, 4) is 0 Å². The van der Waals surface area contributed by atoms with Gasteiger partial charge in [0.05, 0.1) is 11.8 Å². The molecule has 222 valence electrons. The zero-order chi connectivity index (χ0) is 29.8. The van der Waals surface area contributed by atoms with Gasteiger partial charge in [0, 0.05) is 44.6 Å². The van der Waals surface area contributed by atoms with Crippen LogP contribution in [0.15, 0.2) is 58.4 Å². The van der Waals surface area contributed by atoms with Gasteiger partial charge in [-0.2, -0.15) is 0 Å². The summed E-state index contributed by atoms with van der Waals surface area (Å²) in [7, 11) is 1.53. The van der Waals surface area contributed by atoms with E-state index in [1.54, 1.807) is 4.90 Å². The minimum atomic E-state index is -1.30. The second-order valence-corrected chi connectivity index (χ2v) is 11.8. The van der Waals surface area contributed by atoms with Gasteiger partial charge in [0.25, 0.3) is 0 Å². The lowest BCUT2D eigenvalue weighted by molar-refractivity contribution is -0.138. The van der Waals surface area contributed by atoms with Gasteiger partial charge in [0.15, 0.2) is 0 Å². The maximum Gasteiger partial charge on any atom is 0.424 e. The molecule has 5 aliphatic rings. The molecule has 6 rings (SSSR count). The number of carbonyl (C=O) groups is 4. The first kappa shape index (κ1) is 28.2. The average Bonchev–Trinajstić information content (AvgIpc) is 3.74. The molecule has 42 heavy (non-hydrogen) atoms. The lowest BCUT2D eigenvalue weighted by Gasteiger charge is -2.51. The Balaban J connectivity index is 1.61. The van der Waals surface area contributed by atoms with Crippen LogP contribution >= 0.6 is 0 Å². The maximum absolute atomic E-state index is 14.0. The monoisotopic (exact) mass is 574 g/mol. The minimum Gasteiger partial charge on any atom is -0.393 e. The number of nitrogens with zero attached hydrogens (tertiary/aromatic N) is 4. The molecule has 1 aromatic carbocycles. The van der Waals surface area contributed by atoms with Gasteiger partial charge in [-0.3, -0.25) is 19.5 Å². The van der Waals surface area contributed by atoms with Crippen LogP contribution in [0.3, 0.4) is 0 Å². The van der Waals surface area contributed by atoms with Gasteiger partial charge in [0.2, 0.25) is 23.6 Å². The van der Waals surface area contributed by atoms with E-state index in [-0.39, 0.29) is 30.0 Å². The van der Waals surface area contributed by atoms with E-state index < -0.39 is 35.5 Å². The van der Waals surface area contributed by atoms with Crippen molar-refractivity contribution >= 4 is 29.9 Å². The minimum absolute atomic E-state index is 0.123. The van der Waals surface area contributed by atoms with Crippen LogP contribution in [0.25, 0.3) is 0 Å². The molecular weight excluding hydrogens is 536 g/mol. The number of hydrogen-bond acceptors (Lipinski definition) is 7. The highest BCUT2D eigenvalue weighted by molar-refractivity contribution is 6.09. The molecule has 0 aromatic heterocycles. The van der Waals surface area contributed by atoms with Gasteiger partial charge in [-0.1, -0.05) is 43.3 Å². The van der Waals surface area contributed by atoms with Gasteiger partial charge < -0.3 is 14.4 Å². The summed E-state index contributed by atoms with van der Waals surface area (Å²) in [6.45, 7) is 7.05. The Labute approximate surface area is 246 Å². The fourth-order valence-corrected chi connectivity index (χ4v) is 7.18. The molecule has 2 aliphatic carbocycles. The Morgan fingerprint density at radius 1 is 1.10 bits per heavy atom. The number of fused-ring (bicyclic) bond motifs is 5. The fraction of sp³-hybridized carbons (Fsp3) is 0.531. The molecule has 2 saturated heterocycles. The van der Waals surface area contributed by atoms with Crippen LogP contribution in [0.5, 0.6) is 0 Å². The van der Waals surface area contributed by atoms with E-state index >= 15 is 0 Å². The van der Waals surface area contributed by atoms with E-state index in [4.69, 9.17) is 14.5 Å². The summed E-state index contributed by atoms with van der Waals surface area (Å²) in [4.78, 5) is 63.7. The predicted molar refractivity (Wildman–Crippen MR) is 154 cm³/mol. The zero-order valence-corrected chi connectivity index (χ0v) is 24.7. The topological polar surface area (TPSA) is 109 Å². The van der Waals surface area contributed by atoms with Crippen LogP contribution < -0.4 is 0 Å². The van der Waals surface area contributed by atoms with Gasteiger partial charge in [-0.05, 0) is 56.6 Å². The molecule has 0 spiro atoms. The third-order valence-corrected chi connectivity index (χ3v) is 9.51. The van der Waals surface area contributed by atoms with Crippen molar-refractivity contribution in [2.75, 3.05) is 26.7 Å². The largest absolute Gasteiger partial charge is 0.424 e. The van der Waals surface area contributed by atoms with Crippen molar-refractivity contribution in [2.24, 2.45) is 28.7 Å². The third-order valence-electron chi connectivity index (χ3n) is 9.51. The molecule has 10 nitrogen and oxygen atoms in total. The molecule has 0 N–H and O–H groups in total. The molecule has 1 saturated carbocycles. The summed E-state index contributed by atoms with van der Waals surface area (Å²) in [5.41, 5.74) is 1.09. The van der Waals surface area contributed by atoms with Crippen molar-refractivity contribution in [2.45, 2.75) is 58.4 Å². The van der Waals surface area contributed by atoms with Crippen molar-refractivity contribution in [3.63, 3.8) is 0 Å². The van der Waals surface area contributed by atoms with Crippen LogP contribution in [0.2, 0.25) is 0 Å². The maximum atomic E-state index is 14.0. The van der Waals surface area contributed by atoms with E-state index in [0.29, 0.717) is 44.0 Å². The summed E-state index contributed by atoms with van der Waals surface area (Å²) in [5.74, 6) is -1.61. The Hall–Kier alpha value is -3.95. The second-order valence-electron chi connectivity index (χ2n) is 11.8. The van der Waals surface area contributed by atoms with Crippen molar-refractivity contribution in [1.29, 1.82) is 0 Å². The Bertz CT molecular complexity index is 1410. The molecule has 10 heteroatoms. The third kappa shape index (κ3) is 4.25.